The van der Waals surface area contributed by atoms with Crippen molar-refractivity contribution in [3.8, 4) is 5.75 Å². The average molecular weight is 307 g/mol. The van der Waals surface area contributed by atoms with Gasteiger partial charge in [-0.2, -0.15) is 0 Å². The molecule has 0 aliphatic rings. The Balaban J connectivity index is 2.30. The van der Waals surface area contributed by atoms with Gasteiger partial charge in [0.2, 0.25) is 5.91 Å². The van der Waals surface area contributed by atoms with E-state index in [9.17, 15) is 9.59 Å². The summed E-state index contributed by atoms with van der Waals surface area (Å²) in [6, 6.07) is 7.24. The highest BCUT2D eigenvalue weighted by Gasteiger charge is 2.09. The molecule has 2 N–H and O–H groups in total. The van der Waals surface area contributed by atoms with Gasteiger partial charge in [0.1, 0.15) is 5.75 Å². The Hall–Kier alpha value is -2.04. The minimum atomic E-state index is -0.996. The molecule has 122 valence electrons. The van der Waals surface area contributed by atoms with Gasteiger partial charge in [-0.05, 0) is 30.0 Å². The van der Waals surface area contributed by atoms with Crippen molar-refractivity contribution in [2.24, 2.45) is 5.92 Å². The van der Waals surface area contributed by atoms with Crippen LogP contribution in [0.25, 0.3) is 0 Å². The lowest BCUT2D eigenvalue weighted by Gasteiger charge is -2.12. The number of carbonyl (C=O) groups is 2. The van der Waals surface area contributed by atoms with E-state index >= 15 is 0 Å². The Morgan fingerprint density at radius 3 is 2.36 bits per heavy atom. The third kappa shape index (κ3) is 7.11. The van der Waals surface area contributed by atoms with Crippen LogP contribution >= 0.6 is 0 Å². The highest BCUT2D eigenvalue weighted by atomic mass is 16.5. The largest absolute Gasteiger partial charge is 0.482 e. The predicted molar refractivity (Wildman–Crippen MR) is 85.0 cm³/mol. The molecular formula is C17H25NO4. The van der Waals surface area contributed by atoms with E-state index in [-0.39, 0.29) is 12.5 Å². The Morgan fingerprint density at radius 2 is 1.82 bits per heavy atom. The predicted octanol–water partition coefficient (Wildman–Crippen LogP) is 2.64. The number of ether oxygens (including phenoxy) is 1. The van der Waals surface area contributed by atoms with E-state index in [4.69, 9.17) is 9.84 Å². The van der Waals surface area contributed by atoms with Gasteiger partial charge in [0, 0.05) is 13.0 Å². The lowest BCUT2D eigenvalue weighted by Crippen LogP contribution is -2.27. The maximum absolute atomic E-state index is 11.8. The smallest absolute Gasteiger partial charge is 0.341 e. The standard InChI is InChI=1S/C17H25NO4/c1-3-13(4-2)11-16(19)18-10-9-14-5-7-15(8-6-14)22-12-17(20)21/h5-8,13H,3-4,9-12H2,1-2H3,(H,18,19)(H,20,21). The second-order valence-electron chi connectivity index (χ2n) is 5.31. The number of carboxylic acid groups (broad SMARTS) is 1. The number of carboxylic acids is 1. The van der Waals surface area contributed by atoms with Gasteiger partial charge in [0.25, 0.3) is 0 Å². The molecule has 0 bridgehead atoms. The lowest BCUT2D eigenvalue weighted by molar-refractivity contribution is -0.139. The average Bonchev–Trinajstić information content (AvgIpc) is 2.51. The molecule has 0 saturated carbocycles. The van der Waals surface area contributed by atoms with Crippen LogP contribution in [0.1, 0.15) is 38.7 Å². The zero-order chi connectivity index (χ0) is 16.4. The fourth-order valence-corrected chi connectivity index (χ4v) is 2.16. The highest BCUT2D eigenvalue weighted by molar-refractivity contribution is 5.76. The van der Waals surface area contributed by atoms with E-state index in [0.29, 0.717) is 24.6 Å². The molecular weight excluding hydrogens is 282 g/mol. The molecule has 1 aromatic carbocycles. The summed E-state index contributed by atoms with van der Waals surface area (Å²) >= 11 is 0. The molecule has 1 aromatic rings. The summed E-state index contributed by atoms with van der Waals surface area (Å²) in [5, 5.41) is 11.5. The number of hydrogen-bond donors (Lipinski definition) is 2. The molecule has 0 atom stereocenters. The molecule has 0 saturated heterocycles. The third-order valence-corrected chi connectivity index (χ3v) is 3.65. The molecule has 0 fully saturated rings. The molecule has 1 rings (SSSR count). The second kappa shape index (κ2) is 9.82. The summed E-state index contributed by atoms with van der Waals surface area (Å²) < 4.78 is 5.06. The number of rotatable bonds is 10. The van der Waals surface area contributed by atoms with Crippen molar-refractivity contribution in [2.75, 3.05) is 13.2 Å². The van der Waals surface area contributed by atoms with Gasteiger partial charge in [0.05, 0.1) is 0 Å². The quantitative estimate of drug-likeness (QED) is 0.697. The highest BCUT2D eigenvalue weighted by Crippen LogP contribution is 2.13. The molecule has 0 aromatic heterocycles. The minimum absolute atomic E-state index is 0.107. The number of nitrogens with one attached hydrogen (secondary N) is 1. The van der Waals surface area contributed by atoms with Crippen LogP contribution in [-0.2, 0) is 16.0 Å². The van der Waals surface area contributed by atoms with Crippen molar-refractivity contribution >= 4 is 11.9 Å². The first kappa shape index (κ1) is 18.0. The maximum atomic E-state index is 11.8. The number of hydrogen-bond acceptors (Lipinski definition) is 3. The first-order valence-electron chi connectivity index (χ1n) is 7.75. The van der Waals surface area contributed by atoms with Gasteiger partial charge in [-0.15, -0.1) is 0 Å². The SMILES string of the molecule is CCC(CC)CC(=O)NCCc1ccc(OCC(=O)O)cc1. The zero-order valence-electron chi connectivity index (χ0n) is 13.3. The van der Waals surface area contributed by atoms with E-state index in [2.05, 4.69) is 19.2 Å². The van der Waals surface area contributed by atoms with Gasteiger partial charge < -0.3 is 15.2 Å². The van der Waals surface area contributed by atoms with E-state index in [1.54, 1.807) is 12.1 Å². The van der Waals surface area contributed by atoms with E-state index in [0.717, 1.165) is 24.8 Å². The van der Waals surface area contributed by atoms with Crippen LogP contribution < -0.4 is 10.1 Å². The molecule has 1 amide bonds. The normalized spacial score (nSPS) is 10.5. The fraction of sp³-hybridized carbons (Fsp3) is 0.529. The van der Waals surface area contributed by atoms with Crippen LogP contribution in [0.3, 0.4) is 0 Å². The van der Waals surface area contributed by atoms with E-state index in [1.807, 2.05) is 12.1 Å². The van der Waals surface area contributed by atoms with Crippen molar-refractivity contribution in [2.45, 2.75) is 39.5 Å². The topological polar surface area (TPSA) is 75.6 Å². The Kier molecular flexibility index (Phi) is 8.04. The molecule has 0 aliphatic carbocycles. The summed E-state index contributed by atoms with van der Waals surface area (Å²) in [5.74, 6) is 0.106. The van der Waals surface area contributed by atoms with Gasteiger partial charge in [-0.1, -0.05) is 38.8 Å². The van der Waals surface area contributed by atoms with Crippen molar-refractivity contribution in [3.63, 3.8) is 0 Å². The fourth-order valence-electron chi connectivity index (χ4n) is 2.16. The monoisotopic (exact) mass is 307 g/mol. The first-order chi connectivity index (χ1) is 10.5. The maximum Gasteiger partial charge on any atom is 0.341 e. The molecule has 22 heavy (non-hydrogen) atoms. The Bertz CT molecular complexity index is 466. The Labute approximate surface area is 131 Å². The molecule has 0 spiro atoms. The summed E-state index contributed by atoms with van der Waals surface area (Å²) in [6.45, 7) is 4.48. The van der Waals surface area contributed by atoms with Crippen LogP contribution in [0, 0.1) is 5.92 Å². The van der Waals surface area contributed by atoms with Gasteiger partial charge >= 0.3 is 5.97 Å². The number of aliphatic carboxylic acids is 1. The second-order valence-corrected chi connectivity index (χ2v) is 5.31. The summed E-state index contributed by atoms with van der Waals surface area (Å²) in [6.07, 6.45) is 3.40. The molecule has 0 heterocycles. The number of carbonyl (C=O) groups excluding carboxylic acids is 1. The van der Waals surface area contributed by atoms with Crippen LogP contribution in [0.2, 0.25) is 0 Å². The van der Waals surface area contributed by atoms with E-state index < -0.39 is 5.97 Å². The lowest BCUT2D eigenvalue weighted by atomic mass is 9.99. The summed E-state index contributed by atoms with van der Waals surface area (Å²) in [5.41, 5.74) is 1.07. The number of amides is 1. The van der Waals surface area contributed by atoms with Crippen LogP contribution in [0.4, 0.5) is 0 Å². The summed E-state index contributed by atoms with van der Waals surface area (Å²) in [4.78, 5) is 22.2. The van der Waals surface area contributed by atoms with Crippen LogP contribution in [-0.4, -0.2) is 30.1 Å². The van der Waals surface area contributed by atoms with Crippen LogP contribution in [0.5, 0.6) is 5.75 Å². The molecule has 5 heteroatoms. The van der Waals surface area contributed by atoms with Crippen molar-refractivity contribution in [3.05, 3.63) is 29.8 Å². The van der Waals surface area contributed by atoms with Gasteiger partial charge in [-0.3, -0.25) is 4.79 Å². The van der Waals surface area contributed by atoms with Crippen LogP contribution in [0.15, 0.2) is 24.3 Å². The first-order valence-corrected chi connectivity index (χ1v) is 7.75. The molecule has 0 aliphatic heterocycles. The van der Waals surface area contributed by atoms with Crippen molar-refractivity contribution < 1.29 is 19.4 Å². The molecule has 5 nitrogen and oxygen atoms in total. The minimum Gasteiger partial charge on any atom is -0.482 e. The van der Waals surface area contributed by atoms with Gasteiger partial charge in [0.15, 0.2) is 6.61 Å². The van der Waals surface area contributed by atoms with Crippen molar-refractivity contribution in [1.82, 2.24) is 5.32 Å². The molecule has 0 unspecified atom stereocenters. The molecule has 0 radical (unpaired) electrons. The van der Waals surface area contributed by atoms with Crippen molar-refractivity contribution in [1.29, 1.82) is 0 Å². The van der Waals surface area contributed by atoms with E-state index in [1.165, 1.54) is 0 Å². The summed E-state index contributed by atoms with van der Waals surface area (Å²) in [7, 11) is 0. The Morgan fingerprint density at radius 1 is 1.18 bits per heavy atom. The third-order valence-electron chi connectivity index (χ3n) is 3.65. The number of benzene rings is 1. The van der Waals surface area contributed by atoms with Gasteiger partial charge in [-0.25, -0.2) is 4.79 Å². The zero-order valence-corrected chi connectivity index (χ0v) is 13.3.